The van der Waals surface area contributed by atoms with Crippen LogP contribution in [0.5, 0.6) is 0 Å². The Morgan fingerprint density at radius 3 is 1.27 bits per heavy atom. The molecule has 6 atom stereocenters. The molecule has 0 radical (unpaired) electrons. The summed E-state index contributed by atoms with van der Waals surface area (Å²) in [4.78, 5) is 185. The van der Waals surface area contributed by atoms with Gasteiger partial charge in [-0.2, -0.15) is 0 Å². The third kappa shape index (κ3) is 25.8. The van der Waals surface area contributed by atoms with Gasteiger partial charge in [-0.25, -0.2) is 19.9 Å². The average Bonchev–Trinajstić information content (AvgIpc) is 0.862. The molecule has 4 fully saturated rings. The summed E-state index contributed by atoms with van der Waals surface area (Å²) in [6.07, 6.45) is 6.24. The summed E-state index contributed by atoms with van der Waals surface area (Å²) in [7, 11) is 0. The summed E-state index contributed by atoms with van der Waals surface area (Å²) in [6.45, 7) is 21.1. The monoisotopic (exact) mass is 1830 g/mol. The molecule has 5 aromatic heterocycles. The van der Waals surface area contributed by atoms with Crippen molar-refractivity contribution in [2.24, 2.45) is 10.8 Å². The molecule has 0 bridgehead atoms. The number of Topliss-reactive ketones (excluding diaryl/α,β-unsaturated/α-hetero) is 1. The van der Waals surface area contributed by atoms with Gasteiger partial charge in [-0.1, -0.05) is 176 Å². The first-order valence-corrected chi connectivity index (χ1v) is 45.9. The largest absolute Gasteiger partial charge is 0.481 e. The van der Waals surface area contributed by atoms with Crippen molar-refractivity contribution in [2.75, 3.05) is 44.2 Å². The molecule has 5 aromatic carbocycles. The first-order chi connectivity index (χ1) is 62.8. The highest BCUT2D eigenvalue weighted by molar-refractivity contribution is 7.13. The van der Waals surface area contributed by atoms with Gasteiger partial charge in [0, 0.05) is 88.5 Å². The number of carbonyl (C=O) groups is 11. The lowest BCUT2D eigenvalue weighted by molar-refractivity contribution is -0.144. The van der Waals surface area contributed by atoms with Gasteiger partial charge in [0.2, 0.25) is 41.4 Å². The number of rotatable bonds is 29. The fraction of sp³-hybridized carbons (Fsp3) is 0.404. The minimum absolute atomic E-state index is 0.00110. The Morgan fingerprint density at radius 1 is 0.492 bits per heavy atom. The molecule has 3 aliphatic heterocycles. The maximum atomic E-state index is 14.2. The number of ketones is 1. The number of nitrogens with zero attached hydrogens (tertiary/aromatic N) is 10. The molecule has 132 heavy (non-hydrogen) atoms. The summed E-state index contributed by atoms with van der Waals surface area (Å²) in [6, 6.07) is 36.6. The average molecular weight is 1840 g/mol. The highest BCUT2D eigenvalue weighted by Gasteiger charge is 2.47. The highest BCUT2D eigenvalue weighted by atomic mass is 32.1. The Morgan fingerprint density at radius 2 is 0.894 bits per heavy atom. The molecule has 33 heteroatoms. The van der Waals surface area contributed by atoms with E-state index in [2.05, 4.69) is 41.1 Å². The molecule has 10 aromatic rings. The van der Waals surface area contributed by atoms with Gasteiger partial charge in [0.15, 0.2) is 5.78 Å². The van der Waals surface area contributed by atoms with Gasteiger partial charge < -0.3 is 66.4 Å². The van der Waals surface area contributed by atoms with Gasteiger partial charge in [-0.05, 0) is 125 Å². The summed E-state index contributed by atoms with van der Waals surface area (Å²) in [5, 5.41) is 59.4. The summed E-state index contributed by atoms with van der Waals surface area (Å²) < 4.78 is 1.73. The highest BCUT2D eigenvalue weighted by Crippen LogP contribution is 2.35. The molecule has 1 saturated carbocycles. The van der Waals surface area contributed by atoms with Crippen LogP contribution in [0.4, 0.5) is 5.69 Å². The van der Waals surface area contributed by atoms with Crippen LogP contribution in [-0.2, 0) is 106 Å². The van der Waals surface area contributed by atoms with Crippen LogP contribution < -0.4 is 31.7 Å². The van der Waals surface area contributed by atoms with E-state index in [1.54, 1.807) is 88.9 Å². The van der Waals surface area contributed by atoms with Crippen LogP contribution in [0, 0.1) is 31.6 Å². The number of pyridine rings is 2. The van der Waals surface area contributed by atoms with Gasteiger partial charge in [-0.3, -0.25) is 67.1 Å². The third-order valence-electron chi connectivity index (χ3n) is 24.1. The first kappa shape index (κ1) is 97.9. The van der Waals surface area contributed by atoms with E-state index in [0.29, 0.717) is 77.3 Å². The standard InChI is InChI=1S/C57H66N10O7S.C32H38N4O6S.C10H10O4/c1-34-45-31-59-47(62-53(45)67(42-9-7-8-10-42)55(73)50(34)36(3)68)27-41-19-20-43(30-58-41)64-21-23-65(24-22-64)49(71)26-38-13-11-37(12-14-38)25-48(70)63-52(57(4,5)6)56(74)66-32-44(69)28-46(66)54(72)60-29-39-15-17-40(18-16-39)51-35(2)61-33-75-51;1-19-28(43-18-34-19)23-11-9-22(10-12-23)16-33-30(41)25-15-24(37)17-36(25)31(42)29(32(2,3)4)35-26(38)13-20-5-7-21(8-6-20)14-27(39)40;11-9(12)5-7-1-2-8(4-3-7)6-10(13)14/h11-20,30-31,33,42,44,46,52,69H,7-10,21-29,32H2,1-6H3,(H,60,72)(H,63,70);5-12,18,24-25,29,37H,13-17H2,1-4H3,(H,33,41)(H,35,38)(H,39,40);1-4H,5-6H2,(H,11,12)(H,13,14)/t44-,46+,52-;24-,25+,29-;/m11./s1. The number of carboxylic acids is 3. The van der Waals surface area contributed by atoms with E-state index in [-0.39, 0.29) is 130 Å². The Hall–Kier alpha value is -13.1. The number of nitrogens with one attached hydrogen (secondary N) is 4. The molecule has 0 unspecified atom stereocenters. The number of β-amino-alcohol motifs (C(OH)–C–C–N with tert-alkyl or cyclic N) is 2. The lowest BCUT2D eigenvalue weighted by Gasteiger charge is -2.36. The number of aryl methyl sites for hydroxylation is 3. The second kappa shape index (κ2) is 43.7. The van der Waals surface area contributed by atoms with E-state index in [0.717, 1.165) is 91.6 Å². The van der Waals surface area contributed by atoms with Crippen molar-refractivity contribution >= 4 is 104 Å². The van der Waals surface area contributed by atoms with Crippen molar-refractivity contribution in [1.82, 2.24) is 65.5 Å². The molecule has 4 aliphatic rings. The normalized spacial score (nSPS) is 16.7. The molecule has 14 rings (SSSR count). The van der Waals surface area contributed by atoms with Crippen molar-refractivity contribution in [1.29, 1.82) is 0 Å². The number of aromatic nitrogens is 6. The second-order valence-electron chi connectivity index (χ2n) is 36.3. The van der Waals surface area contributed by atoms with Gasteiger partial charge in [0.25, 0.3) is 5.56 Å². The third-order valence-corrected chi connectivity index (χ3v) is 26.0. The zero-order chi connectivity index (χ0) is 95.0. The number of thiazole rings is 2. The first-order valence-electron chi connectivity index (χ1n) is 44.2. The Bertz CT molecular complexity index is 5860. The number of amides is 7. The second-order valence-corrected chi connectivity index (χ2v) is 38.0. The molecule has 8 heterocycles. The Labute approximate surface area is 773 Å². The molecular formula is C99H114N14O17S2. The van der Waals surface area contributed by atoms with Gasteiger partial charge >= 0.3 is 17.9 Å². The Kier molecular flexibility index (Phi) is 32.5. The van der Waals surface area contributed by atoms with Crippen LogP contribution in [0.3, 0.4) is 0 Å². The number of likely N-dealkylation sites (tertiary alicyclic amines) is 2. The number of carbonyl (C=O) groups excluding carboxylic acids is 8. The van der Waals surface area contributed by atoms with Gasteiger partial charge in [0.05, 0.1) is 107 Å². The smallest absolute Gasteiger partial charge is 0.307 e. The summed E-state index contributed by atoms with van der Waals surface area (Å²) in [5.41, 5.74) is 15.1. The predicted molar refractivity (Wildman–Crippen MR) is 500 cm³/mol. The van der Waals surface area contributed by atoms with E-state index in [4.69, 9.17) is 25.3 Å². The van der Waals surface area contributed by atoms with Crippen LogP contribution in [0.2, 0.25) is 0 Å². The number of aliphatic hydroxyl groups excluding tert-OH is 2. The predicted octanol–water partition coefficient (Wildman–Crippen LogP) is 10.1. The quantitative estimate of drug-likeness (QED) is 0.0197. The van der Waals surface area contributed by atoms with Crippen molar-refractivity contribution < 1.29 is 78.3 Å². The van der Waals surface area contributed by atoms with Crippen molar-refractivity contribution in [3.63, 3.8) is 0 Å². The molecule has 7 amide bonds. The van der Waals surface area contributed by atoms with E-state index in [1.807, 2.05) is 162 Å². The summed E-state index contributed by atoms with van der Waals surface area (Å²) >= 11 is 3.14. The van der Waals surface area contributed by atoms with E-state index >= 15 is 0 Å². The number of aliphatic hydroxyl groups is 2. The van der Waals surface area contributed by atoms with E-state index < -0.39 is 76.9 Å². The van der Waals surface area contributed by atoms with Crippen LogP contribution in [0.15, 0.2) is 162 Å². The lowest BCUT2D eigenvalue weighted by Crippen LogP contribution is -2.58. The fourth-order valence-electron chi connectivity index (χ4n) is 16.9. The lowest BCUT2D eigenvalue weighted by atomic mass is 9.85. The van der Waals surface area contributed by atoms with Crippen molar-refractivity contribution in [2.45, 2.75) is 208 Å². The van der Waals surface area contributed by atoms with Crippen LogP contribution in [0.25, 0.3) is 31.9 Å². The number of anilines is 1. The molecular weight excluding hydrogens is 1720 g/mol. The van der Waals surface area contributed by atoms with Crippen LogP contribution >= 0.6 is 22.7 Å². The number of benzene rings is 5. The van der Waals surface area contributed by atoms with Gasteiger partial charge in [-0.15, -0.1) is 22.7 Å². The number of fused-ring (bicyclic) bond motifs is 1. The van der Waals surface area contributed by atoms with Crippen molar-refractivity contribution in [3.05, 3.63) is 246 Å². The molecule has 1 aliphatic carbocycles. The van der Waals surface area contributed by atoms with Crippen LogP contribution in [-0.4, -0.2) is 210 Å². The van der Waals surface area contributed by atoms with E-state index in [1.165, 1.54) is 16.7 Å². The number of hydrogen-bond acceptors (Lipinski definition) is 22. The molecule has 3 saturated heterocycles. The van der Waals surface area contributed by atoms with Gasteiger partial charge in [0.1, 0.15) is 35.6 Å². The fourth-order valence-corrected chi connectivity index (χ4v) is 18.6. The van der Waals surface area contributed by atoms with Crippen molar-refractivity contribution in [3.8, 4) is 20.9 Å². The minimum Gasteiger partial charge on any atom is -0.481 e. The van der Waals surface area contributed by atoms with Crippen LogP contribution in [0.1, 0.15) is 176 Å². The molecule has 9 N–H and O–H groups in total. The zero-order valence-corrected chi connectivity index (χ0v) is 77.5. The molecule has 694 valence electrons. The molecule has 0 spiro atoms. The SMILES string of the molecule is CC(=O)c1c(C)c2cnc(Cc3ccc(N4CCN(C(=O)Cc5ccc(CC(=O)N[C@H](C(=O)N6C[C@H](O)C[C@H]6C(=O)NCc6ccc(-c7scnc7C)cc6)C(C)(C)C)cc5)CC4)cn3)nc2n(C2CCCC2)c1=O.Cc1ncsc1-c1ccc(CNC(=O)[C@@H]2C[C@@H](O)CN2C(=O)[C@@H](NC(=O)Cc2ccc(CC(=O)O)cc2)C(C)(C)C)cc1.O=C(O)Cc1ccc(CC(=O)O)cc1. The molecule has 31 nitrogen and oxygen atoms in total. The maximum Gasteiger partial charge on any atom is 0.307 e. The number of aliphatic carboxylic acids is 3. The minimum atomic E-state index is -0.961. The summed E-state index contributed by atoms with van der Waals surface area (Å²) in [5.74, 6) is -4.76. The number of hydrogen-bond donors (Lipinski definition) is 9. The van der Waals surface area contributed by atoms with E-state index in [9.17, 15) is 67.7 Å². The zero-order valence-electron chi connectivity index (χ0n) is 75.8. The number of piperazine rings is 1. The Balaban J connectivity index is 0.000000230. The maximum absolute atomic E-state index is 14.2. The number of carboxylic acid groups (broad SMARTS) is 3. The topological polar surface area (TPSA) is 436 Å².